The fraction of sp³-hybridized carbons (Fsp3) is 0.333. The molecule has 2 aromatic rings. The molecule has 0 radical (unpaired) electrons. The van der Waals surface area contributed by atoms with Gasteiger partial charge in [0.2, 0.25) is 0 Å². The molecule has 0 saturated heterocycles. The van der Waals surface area contributed by atoms with Crippen molar-refractivity contribution in [3.63, 3.8) is 0 Å². The number of rotatable bonds is 3. The average molecular weight is 358 g/mol. The molecule has 0 bridgehead atoms. The molecule has 0 aliphatic heterocycles. The molecule has 1 heterocycles. The number of benzene rings is 1. The summed E-state index contributed by atoms with van der Waals surface area (Å²) in [6.07, 6.45) is 0.759. The van der Waals surface area contributed by atoms with E-state index in [1.54, 1.807) is 12.1 Å². The third-order valence-electron chi connectivity index (χ3n) is 3.34. The van der Waals surface area contributed by atoms with E-state index in [4.69, 9.17) is 11.6 Å². The highest BCUT2D eigenvalue weighted by molar-refractivity contribution is 9.10. The van der Waals surface area contributed by atoms with Crippen molar-refractivity contribution in [3.05, 3.63) is 56.8 Å². The molecule has 0 atom stereocenters. The van der Waals surface area contributed by atoms with Crippen LogP contribution in [0.1, 0.15) is 37.9 Å². The number of aryl methyl sites for hydroxylation is 1. The Bertz CT molecular complexity index is 627. The Morgan fingerprint density at radius 3 is 2.35 bits per heavy atom. The van der Waals surface area contributed by atoms with Crippen LogP contribution in [0.15, 0.2) is 28.7 Å². The van der Waals surface area contributed by atoms with E-state index in [2.05, 4.69) is 25.9 Å². The SMILES string of the molecule is CCc1nc(C(C)(C)c2ccc(F)cc2)nc(Cl)c1Br. The van der Waals surface area contributed by atoms with Crippen molar-refractivity contribution in [2.24, 2.45) is 0 Å². The van der Waals surface area contributed by atoms with Gasteiger partial charge in [0.05, 0.1) is 10.2 Å². The predicted molar refractivity (Wildman–Crippen MR) is 82.6 cm³/mol. The van der Waals surface area contributed by atoms with E-state index in [0.29, 0.717) is 11.0 Å². The highest BCUT2D eigenvalue weighted by Gasteiger charge is 2.28. The molecule has 5 heteroatoms. The van der Waals surface area contributed by atoms with E-state index in [1.807, 2.05) is 20.8 Å². The summed E-state index contributed by atoms with van der Waals surface area (Å²) >= 11 is 9.56. The van der Waals surface area contributed by atoms with Crippen molar-refractivity contribution in [3.8, 4) is 0 Å². The van der Waals surface area contributed by atoms with Crippen molar-refractivity contribution < 1.29 is 4.39 Å². The summed E-state index contributed by atoms with van der Waals surface area (Å²) in [5.41, 5.74) is 1.37. The predicted octanol–water partition coefficient (Wildman–Crippen LogP) is 4.92. The monoisotopic (exact) mass is 356 g/mol. The lowest BCUT2D eigenvalue weighted by atomic mass is 9.83. The largest absolute Gasteiger partial charge is 0.236 e. The van der Waals surface area contributed by atoms with E-state index in [1.165, 1.54) is 12.1 Å². The van der Waals surface area contributed by atoms with E-state index < -0.39 is 5.41 Å². The van der Waals surface area contributed by atoms with Crippen LogP contribution in [0, 0.1) is 5.82 Å². The van der Waals surface area contributed by atoms with Gasteiger partial charge in [-0.05, 0) is 53.9 Å². The van der Waals surface area contributed by atoms with Gasteiger partial charge in [0.25, 0.3) is 0 Å². The Hall–Kier alpha value is -1.00. The number of halogens is 3. The van der Waals surface area contributed by atoms with Crippen LogP contribution >= 0.6 is 27.5 Å². The zero-order valence-corrected chi connectivity index (χ0v) is 13.9. The maximum absolute atomic E-state index is 13.1. The first kappa shape index (κ1) is 15.4. The van der Waals surface area contributed by atoms with E-state index in [9.17, 15) is 4.39 Å². The van der Waals surface area contributed by atoms with Crippen molar-refractivity contribution in [2.75, 3.05) is 0 Å². The van der Waals surface area contributed by atoms with Crippen LogP contribution in [0.5, 0.6) is 0 Å². The summed E-state index contributed by atoms with van der Waals surface area (Å²) in [6, 6.07) is 6.39. The molecule has 0 aliphatic rings. The molecule has 0 aliphatic carbocycles. The zero-order chi connectivity index (χ0) is 14.9. The summed E-state index contributed by atoms with van der Waals surface area (Å²) in [7, 11) is 0. The fourth-order valence-corrected chi connectivity index (χ4v) is 2.62. The van der Waals surface area contributed by atoms with Crippen LogP contribution in [0.25, 0.3) is 0 Å². The number of hydrogen-bond acceptors (Lipinski definition) is 2. The standard InChI is InChI=1S/C15H15BrClFN2/c1-4-11-12(16)13(17)20-14(19-11)15(2,3)9-5-7-10(18)8-6-9/h5-8H,4H2,1-3H3. The Balaban J connectivity index is 2.53. The minimum atomic E-state index is -0.443. The second-order valence-corrected chi connectivity index (χ2v) is 6.24. The highest BCUT2D eigenvalue weighted by atomic mass is 79.9. The van der Waals surface area contributed by atoms with Crippen molar-refractivity contribution in [2.45, 2.75) is 32.6 Å². The normalized spacial score (nSPS) is 11.7. The van der Waals surface area contributed by atoms with Gasteiger partial charge >= 0.3 is 0 Å². The van der Waals surface area contributed by atoms with Gasteiger partial charge in [-0.1, -0.05) is 30.7 Å². The summed E-state index contributed by atoms with van der Waals surface area (Å²) < 4.78 is 13.8. The summed E-state index contributed by atoms with van der Waals surface area (Å²) in [4.78, 5) is 8.95. The molecule has 106 valence electrons. The third-order valence-corrected chi connectivity index (χ3v) is 4.67. The van der Waals surface area contributed by atoms with Crippen molar-refractivity contribution >= 4 is 27.5 Å². The molecule has 0 fully saturated rings. The van der Waals surface area contributed by atoms with Gasteiger partial charge in [0, 0.05) is 5.41 Å². The molecular weight excluding hydrogens is 343 g/mol. The molecule has 2 nitrogen and oxygen atoms in total. The van der Waals surface area contributed by atoms with Crippen LogP contribution in [0.4, 0.5) is 4.39 Å². The Kier molecular flexibility index (Phi) is 4.45. The fourth-order valence-electron chi connectivity index (χ4n) is 1.97. The van der Waals surface area contributed by atoms with Gasteiger partial charge in [0.15, 0.2) is 0 Å². The van der Waals surface area contributed by atoms with Gasteiger partial charge in [-0.15, -0.1) is 0 Å². The van der Waals surface area contributed by atoms with Gasteiger partial charge in [-0.3, -0.25) is 0 Å². The van der Waals surface area contributed by atoms with E-state index in [-0.39, 0.29) is 5.82 Å². The lowest BCUT2D eigenvalue weighted by molar-refractivity contribution is 0.578. The third kappa shape index (κ3) is 2.86. The van der Waals surface area contributed by atoms with Crippen LogP contribution in [0.2, 0.25) is 5.15 Å². The van der Waals surface area contributed by atoms with Crippen molar-refractivity contribution in [1.82, 2.24) is 9.97 Å². The molecule has 1 aromatic carbocycles. The van der Waals surface area contributed by atoms with Crippen LogP contribution < -0.4 is 0 Å². The zero-order valence-electron chi connectivity index (χ0n) is 11.5. The number of nitrogens with zero attached hydrogens (tertiary/aromatic N) is 2. The maximum atomic E-state index is 13.1. The molecule has 1 aromatic heterocycles. The minimum absolute atomic E-state index is 0.256. The minimum Gasteiger partial charge on any atom is -0.236 e. The molecule has 20 heavy (non-hydrogen) atoms. The second kappa shape index (κ2) is 5.78. The topological polar surface area (TPSA) is 25.8 Å². The van der Waals surface area contributed by atoms with Gasteiger partial charge < -0.3 is 0 Å². The van der Waals surface area contributed by atoms with E-state index in [0.717, 1.165) is 22.2 Å². The lowest BCUT2D eigenvalue weighted by Crippen LogP contribution is -2.23. The molecule has 0 amide bonds. The first-order valence-electron chi connectivity index (χ1n) is 6.34. The van der Waals surface area contributed by atoms with Crippen LogP contribution in [-0.4, -0.2) is 9.97 Å². The highest BCUT2D eigenvalue weighted by Crippen LogP contribution is 2.32. The van der Waals surface area contributed by atoms with Gasteiger partial charge in [0.1, 0.15) is 16.8 Å². The molecule has 0 saturated carbocycles. The van der Waals surface area contributed by atoms with Crippen LogP contribution in [-0.2, 0) is 11.8 Å². The smallest absolute Gasteiger partial charge is 0.147 e. The molecular formula is C15H15BrClFN2. The first-order valence-corrected chi connectivity index (χ1v) is 7.51. The number of aromatic nitrogens is 2. The van der Waals surface area contributed by atoms with Gasteiger partial charge in [-0.2, -0.15) is 0 Å². The summed E-state index contributed by atoms with van der Waals surface area (Å²) in [5, 5.41) is 0.405. The van der Waals surface area contributed by atoms with E-state index >= 15 is 0 Å². The molecule has 2 rings (SSSR count). The summed E-state index contributed by atoms with van der Waals surface area (Å²) in [5.74, 6) is 0.378. The molecule has 0 unspecified atom stereocenters. The molecule has 0 N–H and O–H groups in total. The maximum Gasteiger partial charge on any atom is 0.147 e. The molecule has 0 spiro atoms. The second-order valence-electron chi connectivity index (χ2n) is 5.08. The van der Waals surface area contributed by atoms with Crippen molar-refractivity contribution in [1.29, 1.82) is 0 Å². The Morgan fingerprint density at radius 2 is 1.80 bits per heavy atom. The quantitative estimate of drug-likeness (QED) is 0.729. The lowest BCUT2D eigenvalue weighted by Gasteiger charge is -2.24. The number of hydrogen-bond donors (Lipinski definition) is 0. The summed E-state index contributed by atoms with van der Waals surface area (Å²) in [6.45, 7) is 6.01. The van der Waals surface area contributed by atoms with Gasteiger partial charge in [-0.25, -0.2) is 14.4 Å². The first-order chi connectivity index (χ1) is 9.36. The van der Waals surface area contributed by atoms with Crippen LogP contribution in [0.3, 0.4) is 0 Å². The Labute approximate surface area is 131 Å². The Morgan fingerprint density at radius 1 is 1.20 bits per heavy atom. The average Bonchev–Trinajstić information content (AvgIpc) is 2.42.